The Morgan fingerprint density at radius 1 is 0.966 bits per heavy atom. The molecule has 2 aromatic heterocycles. The summed E-state index contributed by atoms with van der Waals surface area (Å²) in [6, 6.07) is 15.3. The van der Waals surface area contributed by atoms with Crippen molar-refractivity contribution in [2.45, 2.75) is 26.8 Å². The lowest BCUT2D eigenvalue weighted by molar-refractivity contribution is -0.116. The predicted octanol–water partition coefficient (Wildman–Crippen LogP) is 2.54. The number of aromatic nitrogens is 3. The number of amides is 2. The third-order valence-corrected chi connectivity index (χ3v) is 4.12. The lowest BCUT2D eigenvalue weighted by Crippen LogP contribution is -2.28. The molecule has 3 aromatic rings. The van der Waals surface area contributed by atoms with E-state index in [-0.39, 0.29) is 24.6 Å². The van der Waals surface area contributed by atoms with Crippen LogP contribution in [0.4, 0.5) is 11.5 Å². The van der Waals surface area contributed by atoms with Crippen LogP contribution in [0.1, 0.15) is 28.2 Å². The normalized spacial score (nSPS) is 10.4. The number of nitrogens with one attached hydrogen (secondary N) is 2. The van der Waals surface area contributed by atoms with Crippen LogP contribution in [0.2, 0.25) is 0 Å². The first-order valence-electron chi connectivity index (χ1n) is 9.10. The Morgan fingerprint density at radius 2 is 1.72 bits per heavy atom. The van der Waals surface area contributed by atoms with Gasteiger partial charge in [-0.05, 0) is 44.2 Å². The summed E-state index contributed by atoms with van der Waals surface area (Å²) in [7, 11) is 0. The van der Waals surface area contributed by atoms with Gasteiger partial charge in [0.1, 0.15) is 11.5 Å². The lowest BCUT2D eigenvalue weighted by atomic mass is 10.2. The van der Waals surface area contributed by atoms with Gasteiger partial charge in [0.05, 0.1) is 6.54 Å². The van der Waals surface area contributed by atoms with Crippen LogP contribution in [0.15, 0.2) is 59.4 Å². The first-order valence-corrected chi connectivity index (χ1v) is 9.10. The first-order chi connectivity index (χ1) is 13.9. The van der Waals surface area contributed by atoms with E-state index in [1.165, 1.54) is 12.1 Å². The van der Waals surface area contributed by atoms with Crippen molar-refractivity contribution in [2.24, 2.45) is 0 Å². The number of anilines is 2. The van der Waals surface area contributed by atoms with Crippen molar-refractivity contribution in [1.82, 2.24) is 14.8 Å². The lowest BCUT2D eigenvalue weighted by Gasteiger charge is -2.09. The highest BCUT2D eigenvalue weighted by Gasteiger charge is 2.11. The Kier molecular flexibility index (Phi) is 6.13. The molecule has 1 aromatic carbocycles. The van der Waals surface area contributed by atoms with Gasteiger partial charge in [-0.25, -0.2) is 9.67 Å². The van der Waals surface area contributed by atoms with Gasteiger partial charge in [0, 0.05) is 23.9 Å². The van der Waals surface area contributed by atoms with E-state index in [0.717, 1.165) is 15.9 Å². The van der Waals surface area contributed by atoms with E-state index in [9.17, 15) is 14.4 Å². The molecule has 8 heteroatoms. The number of benzene rings is 1. The molecule has 0 unspecified atom stereocenters. The summed E-state index contributed by atoms with van der Waals surface area (Å²) in [4.78, 5) is 40.7. The summed E-state index contributed by atoms with van der Waals surface area (Å²) in [6.45, 7) is 3.82. The van der Waals surface area contributed by atoms with Gasteiger partial charge in [0.15, 0.2) is 0 Å². The Labute approximate surface area is 167 Å². The number of hydrogen-bond donors (Lipinski definition) is 2. The molecule has 0 saturated heterocycles. The van der Waals surface area contributed by atoms with E-state index in [2.05, 4.69) is 20.7 Å². The zero-order valence-corrected chi connectivity index (χ0v) is 16.2. The fourth-order valence-corrected chi connectivity index (χ4v) is 2.59. The van der Waals surface area contributed by atoms with E-state index in [1.54, 1.807) is 24.3 Å². The van der Waals surface area contributed by atoms with Crippen LogP contribution in [-0.2, 0) is 11.3 Å². The second-order valence-corrected chi connectivity index (χ2v) is 6.56. The fourth-order valence-electron chi connectivity index (χ4n) is 2.59. The van der Waals surface area contributed by atoms with E-state index in [0.29, 0.717) is 11.5 Å². The largest absolute Gasteiger partial charge is 0.321 e. The highest BCUT2D eigenvalue weighted by atomic mass is 16.2. The molecule has 0 aliphatic carbocycles. The molecular formula is C21H21N5O3. The molecule has 0 aliphatic heterocycles. The fraction of sp³-hybridized carbons (Fsp3) is 0.190. The van der Waals surface area contributed by atoms with Gasteiger partial charge >= 0.3 is 0 Å². The highest BCUT2D eigenvalue weighted by Crippen LogP contribution is 2.10. The van der Waals surface area contributed by atoms with Crippen molar-refractivity contribution < 1.29 is 9.59 Å². The second-order valence-electron chi connectivity index (χ2n) is 6.56. The van der Waals surface area contributed by atoms with E-state index in [4.69, 9.17) is 0 Å². The van der Waals surface area contributed by atoms with Crippen molar-refractivity contribution in [3.8, 4) is 0 Å². The van der Waals surface area contributed by atoms with E-state index < -0.39 is 11.5 Å². The Bertz CT molecular complexity index is 1090. The molecule has 0 aliphatic rings. The Balaban J connectivity index is 1.64. The quantitative estimate of drug-likeness (QED) is 0.672. The molecule has 8 nitrogen and oxygen atoms in total. The smallest absolute Gasteiger partial charge is 0.276 e. The molecule has 0 atom stereocenters. The van der Waals surface area contributed by atoms with Crippen LogP contribution in [0.25, 0.3) is 0 Å². The molecule has 0 saturated carbocycles. The molecule has 0 bridgehead atoms. The molecule has 0 radical (unpaired) electrons. The van der Waals surface area contributed by atoms with Gasteiger partial charge in [-0.1, -0.05) is 23.8 Å². The minimum atomic E-state index is -0.434. The minimum absolute atomic E-state index is 0.0194. The number of hydrogen-bond acceptors (Lipinski definition) is 5. The van der Waals surface area contributed by atoms with Crippen LogP contribution in [0, 0.1) is 13.8 Å². The number of pyridine rings is 1. The van der Waals surface area contributed by atoms with Crippen LogP contribution in [-0.4, -0.2) is 26.6 Å². The number of nitrogens with zero attached hydrogens (tertiary/aromatic N) is 3. The van der Waals surface area contributed by atoms with Crippen LogP contribution >= 0.6 is 0 Å². The van der Waals surface area contributed by atoms with Gasteiger partial charge in [-0.15, -0.1) is 0 Å². The van der Waals surface area contributed by atoms with Gasteiger partial charge in [-0.2, -0.15) is 5.10 Å². The van der Waals surface area contributed by atoms with Crippen LogP contribution in [0.3, 0.4) is 0 Å². The predicted molar refractivity (Wildman–Crippen MR) is 110 cm³/mol. The van der Waals surface area contributed by atoms with Crippen molar-refractivity contribution in [3.63, 3.8) is 0 Å². The third-order valence-electron chi connectivity index (χ3n) is 4.12. The number of rotatable bonds is 6. The molecule has 2 amide bonds. The first kappa shape index (κ1) is 19.9. The Morgan fingerprint density at radius 3 is 2.45 bits per heavy atom. The molecule has 148 valence electrons. The molecule has 0 spiro atoms. The summed E-state index contributed by atoms with van der Waals surface area (Å²) in [5.74, 6) is -0.288. The average molecular weight is 391 g/mol. The molecule has 2 heterocycles. The van der Waals surface area contributed by atoms with Crippen molar-refractivity contribution >= 4 is 23.3 Å². The summed E-state index contributed by atoms with van der Waals surface area (Å²) < 4.78 is 1.10. The van der Waals surface area contributed by atoms with Crippen molar-refractivity contribution in [3.05, 3.63) is 81.9 Å². The maximum Gasteiger partial charge on any atom is 0.276 e. The zero-order valence-electron chi connectivity index (χ0n) is 16.2. The van der Waals surface area contributed by atoms with E-state index >= 15 is 0 Å². The highest BCUT2D eigenvalue weighted by molar-refractivity contribution is 6.02. The summed E-state index contributed by atoms with van der Waals surface area (Å²) in [6.07, 6.45) is 0.0194. The summed E-state index contributed by atoms with van der Waals surface area (Å²) in [5, 5.41) is 9.48. The third kappa shape index (κ3) is 5.58. The number of aryl methyl sites for hydroxylation is 3. The molecule has 3 rings (SSSR count). The summed E-state index contributed by atoms with van der Waals surface area (Å²) >= 11 is 0. The summed E-state index contributed by atoms with van der Waals surface area (Å²) in [5.41, 5.74) is 2.19. The van der Waals surface area contributed by atoms with Gasteiger partial charge in [-0.3, -0.25) is 14.4 Å². The molecule has 2 N–H and O–H groups in total. The SMILES string of the molecule is Cc1ccc(NC(=O)c2ccc(=O)n(CCC(=O)Nc3cccc(C)n3)n2)cc1. The maximum atomic E-state index is 12.4. The molecular weight excluding hydrogens is 370 g/mol. The molecule has 29 heavy (non-hydrogen) atoms. The van der Waals surface area contributed by atoms with Gasteiger partial charge in [0.2, 0.25) is 5.91 Å². The van der Waals surface area contributed by atoms with E-state index in [1.807, 2.05) is 32.0 Å². The van der Waals surface area contributed by atoms with Gasteiger partial charge < -0.3 is 10.6 Å². The maximum absolute atomic E-state index is 12.4. The average Bonchev–Trinajstić information content (AvgIpc) is 2.69. The van der Waals surface area contributed by atoms with Gasteiger partial charge in [0.25, 0.3) is 11.5 Å². The number of carbonyl (C=O) groups excluding carboxylic acids is 2. The second kappa shape index (κ2) is 8.92. The monoisotopic (exact) mass is 391 g/mol. The standard InChI is InChI=1S/C21H21N5O3/c1-14-6-8-16(9-7-14)23-21(29)17-10-11-20(28)26(25-17)13-12-19(27)24-18-5-3-4-15(2)22-18/h3-11H,12-13H2,1-2H3,(H,23,29)(H,22,24,27). The van der Waals surface area contributed by atoms with Crippen molar-refractivity contribution in [1.29, 1.82) is 0 Å². The Hall–Kier alpha value is -3.81. The van der Waals surface area contributed by atoms with Crippen LogP contribution in [0.5, 0.6) is 0 Å². The van der Waals surface area contributed by atoms with Crippen LogP contribution < -0.4 is 16.2 Å². The molecule has 0 fully saturated rings. The number of carbonyl (C=O) groups is 2. The zero-order chi connectivity index (χ0) is 20.8. The van der Waals surface area contributed by atoms with Crippen molar-refractivity contribution in [2.75, 3.05) is 10.6 Å². The topological polar surface area (TPSA) is 106 Å². The minimum Gasteiger partial charge on any atom is -0.321 e.